The van der Waals surface area contributed by atoms with E-state index >= 15 is 0 Å². The van der Waals surface area contributed by atoms with Gasteiger partial charge in [-0.3, -0.25) is 4.90 Å². The number of hydrogen-bond acceptors (Lipinski definition) is 5. The molecule has 2 heterocycles. The number of nitrogens with zero attached hydrogens (tertiary/aromatic N) is 3. The SMILES string of the molecule is C[C@H](c1nccs1)N1CCC[C@H](N(C)C(=O)OC(C)(C)C)C1. The van der Waals surface area contributed by atoms with Crippen LogP contribution in [-0.2, 0) is 4.74 Å². The third kappa shape index (κ3) is 4.43. The molecule has 1 aromatic rings. The van der Waals surface area contributed by atoms with Crippen molar-refractivity contribution in [3.8, 4) is 0 Å². The number of ether oxygens (including phenoxy) is 1. The van der Waals surface area contributed by atoms with Gasteiger partial charge in [-0.05, 0) is 47.1 Å². The van der Waals surface area contributed by atoms with Gasteiger partial charge in [-0.15, -0.1) is 11.3 Å². The van der Waals surface area contributed by atoms with Crippen LogP contribution >= 0.6 is 11.3 Å². The first-order valence-corrected chi connectivity index (χ1v) is 8.75. The predicted octanol–water partition coefficient (Wildman–Crippen LogP) is 3.54. The zero-order valence-electron chi connectivity index (χ0n) is 14.2. The quantitative estimate of drug-likeness (QED) is 0.853. The van der Waals surface area contributed by atoms with Crippen LogP contribution in [0.2, 0.25) is 0 Å². The number of thiazole rings is 1. The molecule has 124 valence electrons. The van der Waals surface area contributed by atoms with Gasteiger partial charge in [0.1, 0.15) is 10.6 Å². The molecule has 1 aromatic heterocycles. The van der Waals surface area contributed by atoms with Crippen LogP contribution in [-0.4, -0.2) is 52.7 Å². The molecule has 1 aliphatic heterocycles. The van der Waals surface area contributed by atoms with E-state index < -0.39 is 5.60 Å². The first-order valence-electron chi connectivity index (χ1n) is 7.87. The molecule has 0 bridgehead atoms. The predicted molar refractivity (Wildman–Crippen MR) is 89.1 cm³/mol. The maximum absolute atomic E-state index is 12.2. The summed E-state index contributed by atoms with van der Waals surface area (Å²) in [6.07, 6.45) is 3.73. The minimum Gasteiger partial charge on any atom is -0.444 e. The molecule has 5 nitrogen and oxygen atoms in total. The summed E-state index contributed by atoms with van der Waals surface area (Å²) in [5.41, 5.74) is -0.451. The molecule has 0 aromatic carbocycles. The second-order valence-corrected chi connectivity index (χ2v) is 7.85. The normalized spacial score (nSPS) is 21.4. The van der Waals surface area contributed by atoms with E-state index in [1.165, 1.54) is 0 Å². The van der Waals surface area contributed by atoms with Crippen molar-refractivity contribution in [2.24, 2.45) is 0 Å². The van der Waals surface area contributed by atoms with E-state index in [2.05, 4.69) is 16.8 Å². The summed E-state index contributed by atoms with van der Waals surface area (Å²) in [5, 5.41) is 3.15. The number of carbonyl (C=O) groups is 1. The van der Waals surface area contributed by atoms with Gasteiger partial charge in [0.25, 0.3) is 0 Å². The van der Waals surface area contributed by atoms with Crippen molar-refractivity contribution in [3.05, 3.63) is 16.6 Å². The van der Waals surface area contributed by atoms with Crippen LogP contribution in [0.1, 0.15) is 51.6 Å². The lowest BCUT2D eigenvalue weighted by Crippen LogP contribution is -2.50. The molecule has 0 unspecified atom stereocenters. The highest BCUT2D eigenvalue weighted by Crippen LogP contribution is 2.27. The van der Waals surface area contributed by atoms with Crippen LogP contribution in [0.15, 0.2) is 11.6 Å². The summed E-state index contributed by atoms with van der Waals surface area (Å²) >= 11 is 1.69. The summed E-state index contributed by atoms with van der Waals surface area (Å²) in [4.78, 5) is 20.8. The monoisotopic (exact) mass is 325 g/mol. The van der Waals surface area contributed by atoms with Crippen molar-refractivity contribution >= 4 is 17.4 Å². The Morgan fingerprint density at radius 1 is 1.55 bits per heavy atom. The fourth-order valence-corrected chi connectivity index (χ4v) is 3.46. The van der Waals surface area contributed by atoms with Crippen molar-refractivity contribution in [1.82, 2.24) is 14.8 Å². The number of piperidine rings is 1. The molecule has 0 saturated carbocycles. The van der Waals surface area contributed by atoms with Gasteiger partial charge >= 0.3 is 6.09 Å². The average Bonchev–Trinajstić information content (AvgIpc) is 2.98. The van der Waals surface area contributed by atoms with E-state index in [0.29, 0.717) is 6.04 Å². The molecule has 0 N–H and O–H groups in total. The number of amides is 1. The Morgan fingerprint density at radius 2 is 2.27 bits per heavy atom. The number of aromatic nitrogens is 1. The largest absolute Gasteiger partial charge is 0.444 e. The zero-order valence-corrected chi connectivity index (χ0v) is 15.0. The molecule has 0 radical (unpaired) electrons. The smallest absolute Gasteiger partial charge is 0.410 e. The third-order valence-corrected chi connectivity index (χ3v) is 4.96. The van der Waals surface area contributed by atoms with Crippen LogP contribution in [0.25, 0.3) is 0 Å². The molecule has 22 heavy (non-hydrogen) atoms. The van der Waals surface area contributed by atoms with Crippen LogP contribution in [0, 0.1) is 0 Å². The van der Waals surface area contributed by atoms with Gasteiger partial charge in [0.05, 0.1) is 6.04 Å². The van der Waals surface area contributed by atoms with Gasteiger partial charge in [0.15, 0.2) is 0 Å². The highest BCUT2D eigenvalue weighted by atomic mass is 32.1. The third-order valence-electron chi connectivity index (χ3n) is 4.01. The van der Waals surface area contributed by atoms with Crippen molar-refractivity contribution in [2.75, 3.05) is 20.1 Å². The lowest BCUT2D eigenvalue weighted by Gasteiger charge is -2.40. The summed E-state index contributed by atoms with van der Waals surface area (Å²) in [6, 6.07) is 0.501. The number of likely N-dealkylation sites (tertiary alicyclic amines) is 1. The Labute approximate surface area is 137 Å². The van der Waals surface area contributed by atoms with Crippen molar-refractivity contribution in [2.45, 2.75) is 58.2 Å². The Kier molecular flexibility index (Phi) is 5.45. The summed E-state index contributed by atoms with van der Waals surface area (Å²) < 4.78 is 5.48. The molecule has 1 amide bonds. The second-order valence-electron chi connectivity index (χ2n) is 6.93. The first kappa shape index (κ1) is 17.2. The second kappa shape index (κ2) is 6.96. The number of carbonyl (C=O) groups excluding carboxylic acids is 1. The Hall–Kier alpha value is -1.14. The number of rotatable bonds is 3. The number of hydrogen-bond donors (Lipinski definition) is 0. The van der Waals surface area contributed by atoms with Gasteiger partial charge in [0, 0.05) is 31.2 Å². The highest BCUT2D eigenvalue weighted by molar-refractivity contribution is 7.09. The minimum absolute atomic E-state index is 0.200. The van der Waals surface area contributed by atoms with E-state index in [9.17, 15) is 4.79 Å². The van der Waals surface area contributed by atoms with Gasteiger partial charge in [0.2, 0.25) is 0 Å². The maximum atomic E-state index is 12.2. The topological polar surface area (TPSA) is 45.7 Å². The highest BCUT2D eigenvalue weighted by Gasteiger charge is 2.31. The first-order chi connectivity index (χ1) is 10.3. The van der Waals surface area contributed by atoms with Gasteiger partial charge < -0.3 is 9.64 Å². The zero-order chi connectivity index (χ0) is 16.3. The molecule has 2 atom stereocenters. The fraction of sp³-hybridized carbons (Fsp3) is 0.750. The van der Waals surface area contributed by atoms with Gasteiger partial charge in [-0.25, -0.2) is 9.78 Å². The Morgan fingerprint density at radius 3 is 2.86 bits per heavy atom. The van der Waals surface area contributed by atoms with Crippen LogP contribution in [0.4, 0.5) is 4.79 Å². The molecule has 0 spiro atoms. The summed E-state index contributed by atoms with van der Waals surface area (Å²) in [7, 11) is 1.84. The van der Waals surface area contributed by atoms with E-state index in [-0.39, 0.29) is 12.1 Å². The fourth-order valence-electron chi connectivity index (χ4n) is 2.73. The van der Waals surface area contributed by atoms with E-state index in [1.54, 1.807) is 16.2 Å². The number of likely N-dealkylation sites (N-methyl/N-ethyl adjacent to an activating group) is 1. The summed E-state index contributed by atoms with van der Waals surface area (Å²) in [6.45, 7) is 9.81. The van der Waals surface area contributed by atoms with E-state index in [4.69, 9.17) is 4.74 Å². The standard InChI is InChI=1S/C16H27N3O2S/c1-12(14-17-8-10-22-14)19-9-6-7-13(11-19)18(5)15(20)21-16(2,3)4/h8,10,12-13H,6-7,9,11H2,1-5H3/t12-,13+/m1/s1. The molecule has 1 aliphatic rings. The average molecular weight is 325 g/mol. The molecule has 6 heteroatoms. The Bertz CT molecular complexity index is 484. The molecule has 0 aliphatic carbocycles. The van der Waals surface area contributed by atoms with Gasteiger partial charge in [-0.2, -0.15) is 0 Å². The molecule has 2 rings (SSSR count). The van der Waals surface area contributed by atoms with Crippen LogP contribution in [0.5, 0.6) is 0 Å². The lowest BCUT2D eigenvalue weighted by molar-refractivity contribution is 0.0105. The molecule has 1 fully saturated rings. The maximum Gasteiger partial charge on any atom is 0.410 e. The Balaban J connectivity index is 1.96. The molecular weight excluding hydrogens is 298 g/mol. The van der Waals surface area contributed by atoms with Crippen molar-refractivity contribution in [1.29, 1.82) is 0 Å². The summed E-state index contributed by atoms with van der Waals surface area (Å²) in [5.74, 6) is 0. The molecule has 1 saturated heterocycles. The molecular formula is C16H27N3O2S. The van der Waals surface area contributed by atoms with E-state index in [0.717, 1.165) is 30.9 Å². The van der Waals surface area contributed by atoms with Crippen LogP contribution in [0.3, 0.4) is 0 Å². The minimum atomic E-state index is -0.451. The lowest BCUT2D eigenvalue weighted by atomic mass is 10.0. The van der Waals surface area contributed by atoms with Crippen LogP contribution < -0.4 is 0 Å². The van der Waals surface area contributed by atoms with E-state index in [1.807, 2.05) is 39.4 Å². The van der Waals surface area contributed by atoms with Crippen molar-refractivity contribution < 1.29 is 9.53 Å². The van der Waals surface area contributed by atoms with Crippen molar-refractivity contribution in [3.63, 3.8) is 0 Å². The van der Waals surface area contributed by atoms with Gasteiger partial charge in [-0.1, -0.05) is 0 Å².